The van der Waals surface area contributed by atoms with Crippen molar-refractivity contribution in [1.82, 2.24) is 12.3 Å². The van der Waals surface area contributed by atoms with Crippen molar-refractivity contribution in [3.63, 3.8) is 0 Å². The Morgan fingerprint density at radius 2 is 0.857 bits per heavy atom. The quantitative estimate of drug-likeness (QED) is 0.171. The van der Waals surface area contributed by atoms with Crippen LogP contribution in [0.3, 0.4) is 0 Å². The van der Waals surface area contributed by atoms with Gasteiger partial charge in [-0.05, 0) is 27.2 Å². The molecule has 9 nitrogen and oxygen atoms in total. The summed E-state index contributed by atoms with van der Waals surface area (Å²) < 4.78 is 14.7. The third kappa shape index (κ3) is 83.1. The monoisotopic (exact) mass is 438 g/mol. The van der Waals surface area contributed by atoms with Crippen LogP contribution >= 0.6 is 7.82 Å². The Morgan fingerprint density at radius 1 is 0.607 bits per heavy atom. The number of rotatable bonds is 12. The predicted octanol–water partition coefficient (Wildman–Crippen LogP) is 4.34. The summed E-state index contributed by atoms with van der Waals surface area (Å²) in [5.74, 6) is 0. The lowest BCUT2D eigenvalue weighted by atomic mass is 10.1. The van der Waals surface area contributed by atoms with Crippen LogP contribution in [-0.4, -0.2) is 51.5 Å². The van der Waals surface area contributed by atoms with E-state index in [1.165, 1.54) is 44.9 Å². The van der Waals surface area contributed by atoms with Crippen molar-refractivity contribution in [3.8, 4) is 0 Å². The van der Waals surface area contributed by atoms with Crippen LogP contribution < -0.4 is 12.3 Å². The standard InChI is InChI=1S/C12H27O4P.3C2H6O.2H3N/c1-2-3-4-5-6-7-8-9-10-11-12-16-17(13,14)15;3*1-2-3;;/h2-12H2,1H3,(H2,13,14,15);3*3H,2H2,1H3;2*1H3. The molecule has 0 aromatic carbocycles. The second-order valence-electron chi connectivity index (χ2n) is 5.45. The van der Waals surface area contributed by atoms with Gasteiger partial charge in [-0.1, -0.05) is 64.7 Å². The maximum atomic E-state index is 10.4. The molecule has 0 aromatic heterocycles. The van der Waals surface area contributed by atoms with Crippen LogP contribution in [0.15, 0.2) is 0 Å². The van der Waals surface area contributed by atoms with E-state index >= 15 is 0 Å². The molecule has 0 aliphatic heterocycles. The summed E-state index contributed by atoms with van der Waals surface area (Å²) in [7, 11) is -4.24. The van der Waals surface area contributed by atoms with E-state index in [9.17, 15) is 4.57 Å². The van der Waals surface area contributed by atoms with Gasteiger partial charge < -0.3 is 37.4 Å². The van der Waals surface area contributed by atoms with E-state index in [0.717, 1.165) is 19.3 Å². The van der Waals surface area contributed by atoms with E-state index in [4.69, 9.17) is 25.1 Å². The molecule has 0 bridgehead atoms. The Kier molecular flexibility index (Phi) is 62.1. The third-order valence-corrected chi connectivity index (χ3v) is 3.28. The molecule has 0 fully saturated rings. The molecule has 0 amide bonds. The molecule has 0 rings (SSSR count). The Hall–Kier alpha value is -0.0900. The first kappa shape index (κ1) is 42.1. The first-order chi connectivity index (χ1) is 12.3. The first-order valence-electron chi connectivity index (χ1n) is 9.83. The second-order valence-corrected chi connectivity index (χ2v) is 6.69. The Labute approximate surface area is 173 Å². The number of aliphatic hydroxyl groups excluding tert-OH is 3. The molecule has 0 aliphatic rings. The highest BCUT2D eigenvalue weighted by atomic mass is 31.2. The van der Waals surface area contributed by atoms with Gasteiger partial charge in [0.1, 0.15) is 0 Å². The maximum Gasteiger partial charge on any atom is 0.469 e. The van der Waals surface area contributed by atoms with E-state index in [2.05, 4.69) is 11.4 Å². The number of unbranched alkanes of at least 4 members (excludes halogenated alkanes) is 9. The lowest BCUT2D eigenvalue weighted by Crippen LogP contribution is -1.92. The van der Waals surface area contributed by atoms with Crippen LogP contribution in [-0.2, 0) is 9.09 Å². The first-order valence-corrected chi connectivity index (χ1v) is 11.4. The van der Waals surface area contributed by atoms with Crippen molar-refractivity contribution in [3.05, 3.63) is 0 Å². The summed E-state index contributed by atoms with van der Waals surface area (Å²) in [5, 5.41) is 22.7. The molecule has 0 atom stereocenters. The van der Waals surface area contributed by atoms with E-state index in [1.54, 1.807) is 20.8 Å². The number of phosphoric ester groups is 1. The van der Waals surface area contributed by atoms with Crippen molar-refractivity contribution in [1.29, 1.82) is 0 Å². The minimum atomic E-state index is -4.24. The summed E-state index contributed by atoms with van der Waals surface area (Å²) >= 11 is 0. The average Bonchev–Trinajstić information content (AvgIpc) is 2.54. The molecule has 0 aliphatic carbocycles. The van der Waals surface area contributed by atoms with Crippen LogP contribution in [0, 0.1) is 0 Å². The fourth-order valence-corrected chi connectivity index (χ4v) is 2.14. The highest BCUT2D eigenvalue weighted by molar-refractivity contribution is 7.46. The molecule has 10 heteroatoms. The molecule has 28 heavy (non-hydrogen) atoms. The fourth-order valence-electron chi connectivity index (χ4n) is 1.77. The normalized spacial score (nSPS) is 9.18. The highest BCUT2D eigenvalue weighted by Crippen LogP contribution is 2.35. The smallest absolute Gasteiger partial charge is 0.397 e. The molecule has 0 heterocycles. The van der Waals surface area contributed by atoms with Gasteiger partial charge in [-0.15, -0.1) is 0 Å². The molecule has 0 radical (unpaired) electrons. The minimum Gasteiger partial charge on any atom is -0.397 e. The zero-order valence-electron chi connectivity index (χ0n) is 18.8. The van der Waals surface area contributed by atoms with Crippen LogP contribution in [0.5, 0.6) is 0 Å². The molecule has 180 valence electrons. The molecular weight excluding hydrogens is 387 g/mol. The highest BCUT2D eigenvalue weighted by Gasteiger charge is 2.12. The van der Waals surface area contributed by atoms with Gasteiger partial charge >= 0.3 is 7.82 Å². The third-order valence-electron chi connectivity index (χ3n) is 2.76. The van der Waals surface area contributed by atoms with Crippen molar-refractivity contribution < 1.29 is 34.2 Å². The summed E-state index contributed by atoms with van der Waals surface area (Å²) in [6.45, 7) is 8.18. The van der Waals surface area contributed by atoms with Gasteiger partial charge in [-0.25, -0.2) is 4.57 Å². The average molecular weight is 439 g/mol. The van der Waals surface area contributed by atoms with Crippen molar-refractivity contribution in [2.75, 3.05) is 26.4 Å². The van der Waals surface area contributed by atoms with Crippen LogP contribution in [0.25, 0.3) is 0 Å². The Bertz CT molecular complexity index is 253. The molecular formula is C18H51N2O7P. The summed E-state index contributed by atoms with van der Waals surface area (Å²) in [6, 6.07) is 0. The summed E-state index contributed by atoms with van der Waals surface area (Å²) in [6.07, 6.45) is 12.0. The van der Waals surface area contributed by atoms with Crippen molar-refractivity contribution >= 4 is 7.82 Å². The maximum absolute atomic E-state index is 10.4. The van der Waals surface area contributed by atoms with E-state index in [0.29, 0.717) is 0 Å². The van der Waals surface area contributed by atoms with Crippen molar-refractivity contribution in [2.45, 2.75) is 91.9 Å². The van der Waals surface area contributed by atoms with Gasteiger partial charge in [0.05, 0.1) is 6.61 Å². The molecule has 0 saturated carbocycles. The lowest BCUT2D eigenvalue weighted by Gasteiger charge is -2.05. The number of hydrogen-bond acceptors (Lipinski definition) is 7. The molecule has 0 unspecified atom stereocenters. The van der Waals surface area contributed by atoms with Gasteiger partial charge in [-0.3, -0.25) is 4.52 Å². The van der Waals surface area contributed by atoms with Gasteiger partial charge in [0.25, 0.3) is 0 Å². The van der Waals surface area contributed by atoms with Crippen LogP contribution in [0.2, 0.25) is 0 Å². The zero-order chi connectivity index (χ0) is 21.1. The largest absolute Gasteiger partial charge is 0.469 e. The molecule has 0 spiro atoms. The molecule has 0 saturated heterocycles. The van der Waals surface area contributed by atoms with Crippen molar-refractivity contribution in [2.24, 2.45) is 0 Å². The fraction of sp³-hybridized carbons (Fsp3) is 1.00. The van der Waals surface area contributed by atoms with Gasteiger partial charge in [0.2, 0.25) is 0 Å². The Balaban J connectivity index is -0.0000000932. The Morgan fingerprint density at radius 3 is 1.11 bits per heavy atom. The lowest BCUT2D eigenvalue weighted by molar-refractivity contribution is 0.193. The SMILES string of the molecule is CCCCCCCCCCCCOP(=O)(O)O.CCO.CCO.CCO.N.N. The van der Waals surface area contributed by atoms with E-state index in [-0.39, 0.29) is 38.7 Å². The van der Waals surface area contributed by atoms with E-state index < -0.39 is 7.82 Å². The van der Waals surface area contributed by atoms with Gasteiger partial charge in [0, 0.05) is 19.8 Å². The van der Waals surface area contributed by atoms with Crippen LogP contribution in [0.4, 0.5) is 0 Å². The second kappa shape index (κ2) is 41.3. The molecule has 11 N–H and O–H groups in total. The van der Waals surface area contributed by atoms with Crippen LogP contribution in [0.1, 0.15) is 91.9 Å². The number of phosphoric acid groups is 1. The van der Waals surface area contributed by atoms with E-state index in [1.807, 2.05) is 0 Å². The topological polar surface area (TPSA) is 197 Å². The summed E-state index contributed by atoms with van der Waals surface area (Å²) in [5.41, 5.74) is 0. The summed E-state index contributed by atoms with van der Waals surface area (Å²) in [4.78, 5) is 16.9. The van der Waals surface area contributed by atoms with Gasteiger partial charge in [-0.2, -0.15) is 0 Å². The number of hydrogen-bond donors (Lipinski definition) is 7. The predicted molar refractivity (Wildman–Crippen MR) is 118 cm³/mol. The minimum absolute atomic E-state index is 0. The van der Waals surface area contributed by atoms with Gasteiger partial charge in [0.15, 0.2) is 0 Å². The molecule has 0 aromatic rings. The number of aliphatic hydroxyl groups is 3. The zero-order valence-corrected chi connectivity index (χ0v) is 19.7.